The van der Waals surface area contributed by atoms with Gasteiger partial charge >= 0.3 is 0 Å². The number of likely N-dealkylation sites (tertiary alicyclic amines) is 2. The third kappa shape index (κ3) is 2.86. The van der Waals surface area contributed by atoms with E-state index in [1.54, 1.807) is 0 Å². The maximum absolute atomic E-state index is 6.32. The molecule has 5 nitrogen and oxygen atoms in total. The van der Waals surface area contributed by atoms with E-state index in [9.17, 15) is 0 Å². The van der Waals surface area contributed by atoms with Crippen molar-refractivity contribution in [3.05, 3.63) is 0 Å². The molecule has 120 valence electrons. The number of hydrogen-bond acceptors (Lipinski definition) is 5. The van der Waals surface area contributed by atoms with Crippen LogP contribution in [-0.4, -0.2) is 81.3 Å². The zero-order chi connectivity index (χ0) is 14.3. The van der Waals surface area contributed by atoms with E-state index < -0.39 is 0 Å². The van der Waals surface area contributed by atoms with E-state index in [1.165, 1.54) is 25.9 Å². The first kappa shape index (κ1) is 14.4. The van der Waals surface area contributed by atoms with Crippen LogP contribution in [-0.2, 0) is 14.2 Å². The largest absolute Gasteiger partial charge is 0.380 e. The molecule has 1 unspecified atom stereocenters. The van der Waals surface area contributed by atoms with Crippen LogP contribution in [0.5, 0.6) is 0 Å². The molecule has 0 amide bonds. The highest BCUT2D eigenvalue weighted by molar-refractivity contribution is 4.92. The molecule has 0 bridgehead atoms. The molecule has 4 saturated heterocycles. The van der Waals surface area contributed by atoms with Crippen LogP contribution in [0.15, 0.2) is 0 Å². The molecule has 0 radical (unpaired) electrons. The fraction of sp³-hybridized carbons (Fsp3) is 1.00. The summed E-state index contributed by atoms with van der Waals surface area (Å²) in [5.74, 6) is -0.268. The molecule has 1 atom stereocenters. The third-order valence-corrected chi connectivity index (χ3v) is 5.86. The predicted octanol–water partition coefficient (Wildman–Crippen LogP) is 0.936. The summed E-state index contributed by atoms with van der Waals surface area (Å²) in [7, 11) is 2.17. The van der Waals surface area contributed by atoms with Crippen LogP contribution < -0.4 is 0 Å². The molecule has 0 aliphatic carbocycles. The summed E-state index contributed by atoms with van der Waals surface area (Å²) in [5, 5.41) is 0. The highest BCUT2D eigenvalue weighted by Gasteiger charge is 2.45. The average Bonchev–Trinajstić information content (AvgIpc) is 2.85. The first-order chi connectivity index (χ1) is 10.2. The van der Waals surface area contributed by atoms with Crippen molar-refractivity contribution >= 4 is 0 Å². The second kappa shape index (κ2) is 5.46. The van der Waals surface area contributed by atoms with E-state index in [0.717, 1.165) is 52.3 Å². The molecule has 2 spiro atoms. The number of nitrogens with zero attached hydrogens (tertiary/aromatic N) is 2. The van der Waals surface area contributed by atoms with E-state index >= 15 is 0 Å². The number of hydrogen-bond donors (Lipinski definition) is 0. The fourth-order valence-electron chi connectivity index (χ4n) is 4.11. The lowest BCUT2D eigenvalue weighted by molar-refractivity contribution is -0.195. The quantitative estimate of drug-likeness (QED) is 0.757. The predicted molar refractivity (Wildman–Crippen MR) is 79.2 cm³/mol. The molecule has 0 saturated carbocycles. The van der Waals surface area contributed by atoms with Gasteiger partial charge in [-0.15, -0.1) is 0 Å². The molecule has 4 fully saturated rings. The Kier molecular flexibility index (Phi) is 3.74. The first-order valence-corrected chi connectivity index (χ1v) is 8.48. The maximum Gasteiger partial charge on any atom is 0.171 e. The lowest BCUT2D eigenvalue weighted by Gasteiger charge is -2.47. The maximum atomic E-state index is 6.32. The van der Waals surface area contributed by atoms with Crippen molar-refractivity contribution in [2.75, 3.05) is 59.6 Å². The molecule has 21 heavy (non-hydrogen) atoms. The van der Waals surface area contributed by atoms with Crippen molar-refractivity contribution < 1.29 is 14.2 Å². The van der Waals surface area contributed by atoms with Gasteiger partial charge in [-0.3, -0.25) is 0 Å². The van der Waals surface area contributed by atoms with Gasteiger partial charge in [-0.1, -0.05) is 0 Å². The smallest absolute Gasteiger partial charge is 0.171 e. The Balaban J connectivity index is 1.25. The van der Waals surface area contributed by atoms with E-state index in [0.29, 0.717) is 5.41 Å². The number of ether oxygens (including phenoxy) is 3. The molecule has 0 aromatic rings. The van der Waals surface area contributed by atoms with Gasteiger partial charge in [0.15, 0.2) is 5.79 Å². The molecular weight excluding hydrogens is 268 g/mol. The van der Waals surface area contributed by atoms with Crippen molar-refractivity contribution in [1.82, 2.24) is 9.80 Å². The van der Waals surface area contributed by atoms with Crippen LogP contribution >= 0.6 is 0 Å². The summed E-state index contributed by atoms with van der Waals surface area (Å²) in [6.07, 6.45) is 4.87. The van der Waals surface area contributed by atoms with Crippen LogP contribution in [0.25, 0.3) is 0 Å². The van der Waals surface area contributed by atoms with Crippen molar-refractivity contribution in [2.45, 2.75) is 37.6 Å². The Labute approximate surface area is 127 Å². The highest BCUT2D eigenvalue weighted by Crippen LogP contribution is 2.39. The van der Waals surface area contributed by atoms with E-state index in [1.807, 2.05) is 0 Å². The standard InChI is InChI=1S/C16H28N2O3/c1-17-6-4-16(5-7-17)20-11-14(21-16)10-18-8-2-15(3-9-18)12-19-13-15/h14H,2-13H2,1H3. The van der Waals surface area contributed by atoms with Gasteiger partial charge in [-0.2, -0.15) is 0 Å². The van der Waals surface area contributed by atoms with Crippen LogP contribution in [0, 0.1) is 5.41 Å². The number of rotatable bonds is 2. The summed E-state index contributed by atoms with van der Waals surface area (Å²) >= 11 is 0. The minimum Gasteiger partial charge on any atom is -0.380 e. The zero-order valence-electron chi connectivity index (χ0n) is 13.2. The minimum absolute atomic E-state index is 0.264. The summed E-state index contributed by atoms with van der Waals surface area (Å²) in [6, 6.07) is 0. The monoisotopic (exact) mass is 296 g/mol. The molecule has 4 aliphatic rings. The van der Waals surface area contributed by atoms with Gasteiger partial charge in [0.1, 0.15) is 0 Å². The van der Waals surface area contributed by atoms with Gasteiger partial charge in [-0.05, 0) is 33.0 Å². The lowest BCUT2D eigenvalue weighted by Crippen LogP contribution is -2.52. The van der Waals surface area contributed by atoms with E-state index in [-0.39, 0.29) is 11.9 Å². The Hall–Kier alpha value is -0.200. The molecule has 0 aromatic carbocycles. The van der Waals surface area contributed by atoms with Gasteiger partial charge in [0.05, 0.1) is 25.9 Å². The molecule has 0 aromatic heterocycles. The van der Waals surface area contributed by atoms with Gasteiger partial charge in [0.2, 0.25) is 0 Å². The van der Waals surface area contributed by atoms with Crippen LogP contribution in [0.4, 0.5) is 0 Å². The normalized spacial score (nSPS) is 36.1. The highest BCUT2D eigenvalue weighted by atomic mass is 16.7. The summed E-state index contributed by atoms with van der Waals surface area (Å²) < 4.78 is 17.8. The molecule has 4 heterocycles. The van der Waals surface area contributed by atoms with E-state index in [2.05, 4.69) is 16.8 Å². The summed E-state index contributed by atoms with van der Waals surface area (Å²) in [4.78, 5) is 4.92. The first-order valence-electron chi connectivity index (χ1n) is 8.48. The van der Waals surface area contributed by atoms with Gasteiger partial charge in [0.25, 0.3) is 0 Å². The van der Waals surface area contributed by atoms with Crippen molar-refractivity contribution in [2.24, 2.45) is 5.41 Å². The van der Waals surface area contributed by atoms with Gasteiger partial charge in [-0.25, -0.2) is 0 Å². The Morgan fingerprint density at radius 1 is 1.00 bits per heavy atom. The van der Waals surface area contributed by atoms with Crippen molar-refractivity contribution in [3.63, 3.8) is 0 Å². The molecule has 0 N–H and O–H groups in total. The van der Waals surface area contributed by atoms with Crippen molar-refractivity contribution in [1.29, 1.82) is 0 Å². The molecular formula is C16H28N2O3. The van der Waals surface area contributed by atoms with Crippen LogP contribution in [0.2, 0.25) is 0 Å². The van der Waals surface area contributed by atoms with E-state index in [4.69, 9.17) is 14.2 Å². The summed E-state index contributed by atoms with van der Waals surface area (Å²) in [5.41, 5.74) is 0.526. The van der Waals surface area contributed by atoms with Crippen LogP contribution in [0.3, 0.4) is 0 Å². The lowest BCUT2D eigenvalue weighted by atomic mass is 9.77. The molecule has 5 heteroatoms. The second-order valence-corrected chi connectivity index (χ2v) is 7.56. The van der Waals surface area contributed by atoms with Gasteiger partial charge < -0.3 is 24.0 Å². The average molecular weight is 296 g/mol. The fourth-order valence-corrected chi connectivity index (χ4v) is 4.11. The minimum atomic E-state index is -0.268. The molecule has 4 rings (SSSR count). The Bertz CT molecular complexity index is 368. The van der Waals surface area contributed by atoms with Gasteiger partial charge in [0, 0.05) is 37.9 Å². The summed E-state index contributed by atoms with van der Waals surface area (Å²) in [6.45, 7) is 8.33. The zero-order valence-corrected chi connectivity index (χ0v) is 13.2. The Morgan fingerprint density at radius 2 is 1.71 bits per heavy atom. The number of piperidine rings is 2. The third-order valence-electron chi connectivity index (χ3n) is 5.86. The topological polar surface area (TPSA) is 34.2 Å². The van der Waals surface area contributed by atoms with Crippen LogP contribution in [0.1, 0.15) is 25.7 Å². The second-order valence-electron chi connectivity index (χ2n) is 7.56. The van der Waals surface area contributed by atoms with Crippen molar-refractivity contribution in [3.8, 4) is 0 Å². The Morgan fingerprint density at radius 3 is 2.33 bits per heavy atom. The SMILES string of the molecule is CN1CCC2(CC1)OCC(CN1CCC3(CC1)COC3)O2. The molecule has 4 aliphatic heterocycles.